The van der Waals surface area contributed by atoms with E-state index in [1.807, 2.05) is 0 Å². The Morgan fingerprint density at radius 1 is 1.40 bits per heavy atom. The zero-order chi connectivity index (χ0) is 18.3. The number of nitrogens with two attached hydrogens (primary N) is 1. The molecule has 3 rings (SSSR count). The molecule has 0 spiro atoms. The molecule has 1 aliphatic rings. The zero-order valence-corrected chi connectivity index (χ0v) is 13.1. The van der Waals surface area contributed by atoms with Crippen molar-refractivity contribution >= 4 is 17.1 Å². The van der Waals surface area contributed by atoms with Gasteiger partial charge in [0.15, 0.2) is 17.4 Å². The van der Waals surface area contributed by atoms with Crippen LogP contribution in [0.25, 0.3) is 11.2 Å². The van der Waals surface area contributed by atoms with Crippen molar-refractivity contribution in [2.24, 2.45) is 0 Å². The monoisotopic (exact) mass is 353 g/mol. The summed E-state index contributed by atoms with van der Waals surface area (Å²) in [6.07, 6.45) is -2.13. The van der Waals surface area contributed by atoms with Crippen molar-refractivity contribution in [3.63, 3.8) is 0 Å². The van der Waals surface area contributed by atoms with E-state index in [1.54, 1.807) is 0 Å². The highest BCUT2D eigenvalue weighted by Crippen LogP contribution is 2.31. The number of ether oxygens (including phenoxy) is 1. The predicted octanol–water partition coefficient (Wildman–Crippen LogP) is -2.49. The molecule has 6 N–H and O–H groups in total. The highest BCUT2D eigenvalue weighted by Gasteiger charge is 2.44. The van der Waals surface area contributed by atoms with Gasteiger partial charge in [-0.25, -0.2) is 4.98 Å². The van der Waals surface area contributed by atoms with E-state index in [-0.39, 0.29) is 17.1 Å². The van der Waals surface area contributed by atoms with Gasteiger partial charge in [-0.3, -0.25) is 13.9 Å². The van der Waals surface area contributed by atoms with Crippen LogP contribution in [0.1, 0.15) is 12.3 Å². The molecule has 2 aromatic rings. The lowest BCUT2D eigenvalue weighted by Gasteiger charge is -2.18. The van der Waals surface area contributed by atoms with Gasteiger partial charge in [-0.2, -0.15) is 4.98 Å². The number of aliphatic hydroxyl groups is 4. The zero-order valence-electron chi connectivity index (χ0n) is 13.1. The average Bonchev–Trinajstić information content (AvgIpc) is 3.13. The fraction of sp³-hybridized carbons (Fsp3) is 0.500. The molecule has 11 nitrogen and oxygen atoms in total. The number of hydrogen-bond acceptors (Lipinski definition) is 9. The van der Waals surface area contributed by atoms with Crippen molar-refractivity contribution in [3.05, 3.63) is 29.3 Å². The number of fused-ring (bicyclic) bond motifs is 1. The number of imidazole rings is 1. The second-order valence-corrected chi connectivity index (χ2v) is 5.68. The number of aromatic nitrogens is 4. The van der Waals surface area contributed by atoms with E-state index in [2.05, 4.69) is 16.5 Å². The van der Waals surface area contributed by atoms with E-state index < -0.39 is 49.4 Å². The standard InChI is InChI=1S/C14H19N5O6/c1-2-6(3-20)19-12(24)8-11(17-14(19)15)18(5-16-8)13-10(23)9(22)7(4-21)25-13/h2,5-7,9-10,13,20-23H,1,3-4H2,(H2,15,17)/t6?,7-,9-,10-,13-/m1/s1. The Balaban J connectivity index is 2.12. The molecule has 1 fully saturated rings. The molecule has 0 amide bonds. The van der Waals surface area contributed by atoms with Gasteiger partial charge in [-0.1, -0.05) is 6.08 Å². The first-order chi connectivity index (χ1) is 11.9. The maximum Gasteiger partial charge on any atom is 0.283 e. The molecule has 1 saturated heterocycles. The van der Waals surface area contributed by atoms with Crippen LogP contribution in [-0.4, -0.2) is 71.1 Å². The Hall–Kier alpha value is -2.31. The van der Waals surface area contributed by atoms with Gasteiger partial charge < -0.3 is 30.9 Å². The van der Waals surface area contributed by atoms with E-state index in [4.69, 9.17) is 10.5 Å². The second-order valence-electron chi connectivity index (χ2n) is 5.68. The Morgan fingerprint density at radius 3 is 2.68 bits per heavy atom. The first-order valence-corrected chi connectivity index (χ1v) is 7.55. The Kier molecular flexibility index (Phi) is 4.58. The lowest BCUT2D eigenvalue weighted by molar-refractivity contribution is -0.0511. The largest absolute Gasteiger partial charge is 0.394 e. The Bertz CT molecular complexity index is 848. The van der Waals surface area contributed by atoms with Gasteiger partial charge in [-0.15, -0.1) is 6.58 Å². The quantitative estimate of drug-likeness (QED) is 0.365. The summed E-state index contributed by atoms with van der Waals surface area (Å²) in [6.45, 7) is 2.66. The van der Waals surface area contributed by atoms with E-state index in [0.29, 0.717) is 0 Å². The minimum atomic E-state index is -1.35. The minimum absolute atomic E-state index is 0.0489. The average molecular weight is 353 g/mol. The molecule has 2 aromatic heterocycles. The molecule has 11 heteroatoms. The maximum absolute atomic E-state index is 12.6. The van der Waals surface area contributed by atoms with Gasteiger partial charge in [0, 0.05) is 0 Å². The SMILES string of the molecule is C=CC(CO)n1c(N)nc2c(ncn2[C@@H]2O[C@H](CO)[C@@H](O)[C@H]2O)c1=O. The first-order valence-electron chi connectivity index (χ1n) is 7.55. The van der Waals surface area contributed by atoms with Gasteiger partial charge in [0.05, 0.1) is 25.6 Å². The fourth-order valence-electron chi connectivity index (χ4n) is 2.87. The number of nitrogen functional groups attached to an aromatic ring is 1. The molecule has 0 saturated carbocycles. The molecule has 0 radical (unpaired) electrons. The van der Waals surface area contributed by atoms with Gasteiger partial charge in [0.25, 0.3) is 5.56 Å². The molecule has 136 valence electrons. The number of aliphatic hydroxyl groups excluding tert-OH is 4. The summed E-state index contributed by atoms with van der Waals surface area (Å²) in [6, 6.07) is -0.761. The van der Waals surface area contributed by atoms with Crippen LogP contribution in [0, 0.1) is 0 Å². The minimum Gasteiger partial charge on any atom is -0.394 e. The lowest BCUT2D eigenvalue weighted by atomic mass is 10.1. The smallest absolute Gasteiger partial charge is 0.283 e. The molecular formula is C14H19N5O6. The number of nitrogens with zero attached hydrogens (tertiary/aromatic N) is 4. The molecule has 0 aromatic carbocycles. The summed E-state index contributed by atoms with van der Waals surface area (Å²) in [4.78, 5) is 20.7. The number of anilines is 1. The summed E-state index contributed by atoms with van der Waals surface area (Å²) in [5, 5.41) is 38.5. The molecule has 3 heterocycles. The van der Waals surface area contributed by atoms with Crippen molar-refractivity contribution in [2.75, 3.05) is 18.9 Å². The van der Waals surface area contributed by atoms with Crippen LogP contribution in [0.2, 0.25) is 0 Å². The van der Waals surface area contributed by atoms with Crippen LogP contribution >= 0.6 is 0 Å². The molecule has 0 bridgehead atoms. The molecule has 1 aliphatic heterocycles. The normalized spacial score (nSPS) is 27.7. The van der Waals surface area contributed by atoms with E-state index in [9.17, 15) is 25.2 Å². The fourth-order valence-corrected chi connectivity index (χ4v) is 2.87. The molecule has 0 aliphatic carbocycles. The summed E-state index contributed by atoms with van der Waals surface area (Å²) in [5.41, 5.74) is 5.25. The number of rotatable bonds is 5. The lowest BCUT2D eigenvalue weighted by Crippen LogP contribution is -2.33. The highest BCUT2D eigenvalue weighted by molar-refractivity contribution is 5.71. The third-order valence-electron chi connectivity index (χ3n) is 4.24. The van der Waals surface area contributed by atoms with Gasteiger partial charge in [-0.05, 0) is 0 Å². The molecule has 25 heavy (non-hydrogen) atoms. The summed E-state index contributed by atoms with van der Waals surface area (Å²) in [5.74, 6) is -0.176. The van der Waals surface area contributed by atoms with Crippen molar-refractivity contribution in [1.82, 2.24) is 19.1 Å². The van der Waals surface area contributed by atoms with Crippen LogP contribution in [0.5, 0.6) is 0 Å². The van der Waals surface area contributed by atoms with Crippen LogP contribution in [0.3, 0.4) is 0 Å². The van der Waals surface area contributed by atoms with Crippen molar-refractivity contribution < 1.29 is 25.2 Å². The first kappa shape index (κ1) is 17.5. The summed E-state index contributed by atoms with van der Waals surface area (Å²) < 4.78 is 7.74. The third kappa shape index (κ3) is 2.62. The van der Waals surface area contributed by atoms with Gasteiger partial charge in [0.1, 0.15) is 18.3 Å². The van der Waals surface area contributed by atoms with Crippen LogP contribution in [0.4, 0.5) is 5.95 Å². The highest BCUT2D eigenvalue weighted by atomic mass is 16.6. The Morgan fingerprint density at radius 2 is 2.12 bits per heavy atom. The second kappa shape index (κ2) is 6.54. The predicted molar refractivity (Wildman–Crippen MR) is 85.5 cm³/mol. The van der Waals surface area contributed by atoms with Gasteiger partial charge >= 0.3 is 0 Å². The van der Waals surface area contributed by atoms with Crippen LogP contribution in [0.15, 0.2) is 23.8 Å². The van der Waals surface area contributed by atoms with Crippen molar-refractivity contribution in [2.45, 2.75) is 30.6 Å². The van der Waals surface area contributed by atoms with E-state index in [1.165, 1.54) is 17.0 Å². The van der Waals surface area contributed by atoms with Crippen LogP contribution in [-0.2, 0) is 4.74 Å². The van der Waals surface area contributed by atoms with Crippen LogP contribution < -0.4 is 11.3 Å². The molecule has 1 unspecified atom stereocenters. The molecular weight excluding hydrogens is 334 g/mol. The topological polar surface area (TPSA) is 169 Å². The Labute approximate surface area is 141 Å². The van der Waals surface area contributed by atoms with E-state index >= 15 is 0 Å². The van der Waals surface area contributed by atoms with Crippen molar-refractivity contribution in [1.29, 1.82) is 0 Å². The van der Waals surface area contributed by atoms with E-state index in [0.717, 1.165) is 4.57 Å². The third-order valence-corrected chi connectivity index (χ3v) is 4.24. The summed E-state index contributed by atoms with van der Waals surface area (Å²) in [7, 11) is 0. The molecule has 5 atom stereocenters. The summed E-state index contributed by atoms with van der Waals surface area (Å²) >= 11 is 0. The van der Waals surface area contributed by atoms with Crippen molar-refractivity contribution in [3.8, 4) is 0 Å². The number of hydrogen-bond donors (Lipinski definition) is 5. The van der Waals surface area contributed by atoms with Gasteiger partial charge in [0.2, 0.25) is 5.95 Å². The maximum atomic E-state index is 12.6.